The number of halogens is 4. The first kappa shape index (κ1) is 31.3. The van der Waals surface area contributed by atoms with E-state index in [2.05, 4.69) is 98.8 Å². The summed E-state index contributed by atoms with van der Waals surface area (Å²) in [5.74, 6) is 0. The van der Waals surface area contributed by atoms with Crippen molar-refractivity contribution in [1.29, 1.82) is 0 Å². The maximum Gasteiger partial charge on any atom is 0.0406 e. The van der Waals surface area contributed by atoms with Crippen LogP contribution in [-0.2, 0) is 0 Å². The molecule has 0 aliphatic rings. The van der Waals surface area contributed by atoms with Gasteiger partial charge in [-0.15, -0.1) is 0 Å². The van der Waals surface area contributed by atoms with Crippen molar-refractivity contribution in [3.8, 4) is 11.1 Å². The standard InChI is InChI=1S/C38H28Cl4P2/c1-25-5-3-7-35(43(31-17-9-27(39)10-18-31)32-19-11-28(40)12-20-32)37(25)38-26(2)6-4-8-36(38)44(33-21-13-29(41)14-22-33)34-23-15-30(42)16-24-34/h3-24H,1-2H3. The second kappa shape index (κ2) is 13.8. The number of hydrogen-bond donors (Lipinski definition) is 0. The third-order valence-corrected chi connectivity index (χ3v) is 13.5. The topological polar surface area (TPSA) is 0 Å². The third-order valence-electron chi connectivity index (χ3n) is 7.57. The smallest absolute Gasteiger partial charge is 0.0406 e. The molecule has 6 heteroatoms. The zero-order valence-corrected chi connectivity index (χ0v) is 28.9. The minimum Gasteiger partial charge on any atom is -0.0843 e. The van der Waals surface area contributed by atoms with Gasteiger partial charge in [-0.3, -0.25) is 0 Å². The van der Waals surface area contributed by atoms with E-state index < -0.39 is 15.8 Å². The molecular formula is C38H28Cl4P2. The molecule has 0 bridgehead atoms. The maximum absolute atomic E-state index is 6.37. The van der Waals surface area contributed by atoms with Gasteiger partial charge in [0, 0.05) is 20.1 Å². The molecule has 0 saturated heterocycles. The molecule has 0 N–H and O–H groups in total. The Morgan fingerprint density at radius 1 is 0.341 bits per heavy atom. The summed E-state index contributed by atoms with van der Waals surface area (Å²) in [5, 5.41) is 10.4. The van der Waals surface area contributed by atoms with Gasteiger partial charge in [-0.1, -0.05) is 131 Å². The molecule has 0 nitrogen and oxygen atoms in total. The fraction of sp³-hybridized carbons (Fsp3) is 0.0526. The van der Waals surface area contributed by atoms with Crippen LogP contribution < -0.4 is 31.8 Å². The van der Waals surface area contributed by atoms with Crippen molar-refractivity contribution in [3.05, 3.63) is 165 Å². The van der Waals surface area contributed by atoms with E-state index in [1.54, 1.807) is 0 Å². The molecule has 6 aromatic carbocycles. The van der Waals surface area contributed by atoms with Crippen molar-refractivity contribution in [2.45, 2.75) is 13.8 Å². The molecule has 0 spiro atoms. The van der Waals surface area contributed by atoms with Crippen LogP contribution in [0.3, 0.4) is 0 Å². The molecule has 0 aromatic heterocycles. The Morgan fingerprint density at radius 3 is 0.841 bits per heavy atom. The molecule has 0 heterocycles. The van der Waals surface area contributed by atoms with Crippen molar-refractivity contribution < 1.29 is 0 Å². The Labute approximate surface area is 282 Å². The van der Waals surface area contributed by atoms with E-state index in [1.165, 1.54) is 54.1 Å². The van der Waals surface area contributed by atoms with Gasteiger partial charge in [0.25, 0.3) is 0 Å². The summed E-state index contributed by atoms with van der Waals surface area (Å²) in [4.78, 5) is 0. The van der Waals surface area contributed by atoms with Crippen molar-refractivity contribution in [2.24, 2.45) is 0 Å². The summed E-state index contributed by atoms with van der Waals surface area (Å²) >= 11 is 25.5. The first-order chi connectivity index (χ1) is 21.3. The highest BCUT2D eigenvalue weighted by molar-refractivity contribution is 7.80. The minimum atomic E-state index is -0.938. The molecule has 6 aromatic rings. The third kappa shape index (κ3) is 6.64. The summed E-state index contributed by atoms with van der Waals surface area (Å²) in [6.45, 7) is 4.44. The fourth-order valence-electron chi connectivity index (χ4n) is 5.54. The van der Waals surface area contributed by atoms with E-state index in [4.69, 9.17) is 46.4 Å². The zero-order valence-electron chi connectivity index (χ0n) is 24.1. The van der Waals surface area contributed by atoms with Crippen LogP contribution in [0.2, 0.25) is 20.1 Å². The quantitative estimate of drug-likeness (QED) is 0.147. The van der Waals surface area contributed by atoms with Gasteiger partial charge >= 0.3 is 0 Å². The molecule has 0 aliphatic heterocycles. The Balaban J connectivity index is 1.64. The molecule has 0 saturated carbocycles. The number of hydrogen-bond acceptors (Lipinski definition) is 0. The van der Waals surface area contributed by atoms with E-state index in [0.29, 0.717) is 0 Å². The van der Waals surface area contributed by atoms with E-state index in [-0.39, 0.29) is 0 Å². The highest BCUT2D eigenvalue weighted by Crippen LogP contribution is 2.43. The average Bonchev–Trinajstić information content (AvgIpc) is 3.02. The molecule has 0 amide bonds. The normalized spacial score (nSPS) is 11.4. The van der Waals surface area contributed by atoms with Gasteiger partial charge in [0.1, 0.15) is 0 Å². The molecule has 0 atom stereocenters. The lowest BCUT2D eigenvalue weighted by Gasteiger charge is -2.28. The molecule has 6 rings (SSSR count). The zero-order chi connectivity index (χ0) is 30.8. The summed E-state index contributed by atoms with van der Waals surface area (Å²) in [7, 11) is -1.88. The monoisotopic (exact) mass is 686 g/mol. The van der Waals surface area contributed by atoms with Crippen LogP contribution in [0.5, 0.6) is 0 Å². The predicted molar refractivity (Wildman–Crippen MR) is 199 cm³/mol. The Bertz CT molecular complexity index is 1670. The number of benzene rings is 6. The lowest BCUT2D eigenvalue weighted by Crippen LogP contribution is -2.27. The number of aryl methyl sites for hydroxylation is 2. The highest BCUT2D eigenvalue weighted by atomic mass is 35.5. The Kier molecular flexibility index (Phi) is 9.80. The summed E-state index contributed by atoms with van der Waals surface area (Å²) in [5.41, 5.74) is 5.00. The van der Waals surface area contributed by atoms with Gasteiger partial charge in [-0.25, -0.2) is 0 Å². The van der Waals surface area contributed by atoms with Gasteiger partial charge in [0.2, 0.25) is 0 Å². The van der Waals surface area contributed by atoms with E-state index >= 15 is 0 Å². The van der Waals surface area contributed by atoms with Gasteiger partial charge < -0.3 is 0 Å². The molecule has 0 radical (unpaired) electrons. The molecular weight excluding hydrogens is 660 g/mol. The Morgan fingerprint density at radius 2 is 0.591 bits per heavy atom. The van der Waals surface area contributed by atoms with Gasteiger partial charge in [-0.05, 0) is 132 Å². The van der Waals surface area contributed by atoms with Crippen LogP contribution in [0.4, 0.5) is 0 Å². The summed E-state index contributed by atoms with van der Waals surface area (Å²) in [6, 6.07) is 46.5. The minimum absolute atomic E-state index is 0.724. The van der Waals surface area contributed by atoms with Crippen LogP contribution in [0.25, 0.3) is 11.1 Å². The second-order valence-electron chi connectivity index (χ2n) is 10.5. The van der Waals surface area contributed by atoms with Crippen molar-refractivity contribution in [2.75, 3.05) is 0 Å². The van der Waals surface area contributed by atoms with Crippen LogP contribution in [0.15, 0.2) is 133 Å². The first-order valence-electron chi connectivity index (χ1n) is 14.1. The molecule has 0 unspecified atom stereocenters. The van der Waals surface area contributed by atoms with Crippen molar-refractivity contribution in [3.63, 3.8) is 0 Å². The van der Waals surface area contributed by atoms with Crippen LogP contribution >= 0.6 is 62.2 Å². The van der Waals surface area contributed by atoms with Crippen molar-refractivity contribution in [1.82, 2.24) is 0 Å². The van der Waals surface area contributed by atoms with E-state index in [9.17, 15) is 0 Å². The Hall–Kier alpha value is -2.66. The molecule has 218 valence electrons. The van der Waals surface area contributed by atoms with Gasteiger partial charge in [0.15, 0.2) is 0 Å². The summed E-state index contributed by atoms with van der Waals surface area (Å²) in [6.07, 6.45) is 0. The lowest BCUT2D eigenvalue weighted by atomic mass is 9.96. The highest BCUT2D eigenvalue weighted by Gasteiger charge is 2.27. The second-order valence-corrected chi connectivity index (χ2v) is 16.6. The van der Waals surface area contributed by atoms with E-state index in [0.717, 1.165) is 20.1 Å². The maximum atomic E-state index is 6.37. The average molecular weight is 688 g/mol. The predicted octanol–water partition coefficient (Wildman–Crippen LogP) is 10.1. The molecule has 0 fully saturated rings. The van der Waals surface area contributed by atoms with Crippen LogP contribution in [-0.4, -0.2) is 0 Å². The largest absolute Gasteiger partial charge is 0.0843 e. The van der Waals surface area contributed by atoms with E-state index in [1.807, 2.05) is 48.5 Å². The molecule has 0 aliphatic carbocycles. The van der Waals surface area contributed by atoms with Crippen LogP contribution in [0, 0.1) is 13.8 Å². The first-order valence-corrected chi connectivity index (χ1v) is 18.3. The SMILES string of the molecule is Cc1cccc(P(c2ccc(Cl)cc2)c2ccc(Cl)cc2)c1-c1c(C)cccc1P(c1ccc(Cl)cc1)c1ccc(Cl)cc1. The number of rotatable bonds is 7. The molecule has 44 heavy (non-hydrogen) atoms. The van der Waals surface area contributed by atoms with Gasteiger partial charge in [-0.2, -0.15) is 0 Å². The van der Waals surface area contributed by atoms with Gasteiger partial charge in [0.05, 0.1) is 0 Å². The lowest BCUT2D eigenvalue weighted by molar-refractivity contribution is 1.43. The van der Waals surface area contributed by atoms with Crippen LogP contribution in [0.1, 0.15) is 11.1 Å². The van der Waals surface area contributed by atoms with Crippen molar-refractivity contribution >= 4 is 94.1 Å². The fourth-order valence-corrected chi connectivity index (χ4v) is 11.0. The summed E-state index contributed by atoms with van der Waals surface area (Å²) < 4.78 is 0.